The molecule has 0 aromatic heterocycles. The van der Waals surface area contributed by atoms with Gasteiger partial charge >= 0.3 is 5.97 Å². The van der Waals surface area contributed by atoms with Crippen LogP contribution in [-0.4, -0.2) is 42.4 Å². The van der Waals surface area contributed by atoms with Crippen molar-refractivity contribution in [1.82, 2.24) is 4.90 Å². The van der Waals surface area contributed by atoms with E-state index in [9.17, 15) is 9.59 Å². The number of piperidine rings is 1. The van der Waals surface area contributed by atoms with Crippen molar-refractivity contribution in [1.29, 1.82) is 0 Å². The van der Waals surface area contributed by atoms with Crippen LogP contribution in [0.5, 0.6) is 0 Å². The largest absolute Gasteiger partial charge is 0.462 e. The van der Waals surface area contributed by atoms with Gasteiger partial charge in [-0.1, -0.05) is 46.3 Å². The van der Waals surface area contributed by atoms with Crippen LogP contribution < -0.4 is 0 Å². The van der Waals surface area contributed by atoms with Crippen LogP contribution in [0, 0.1) is 52.3 Å². The number of esters is 1. The Bertz CT molecular complexity index is 886. The fourth-order valence-corrected chi connectivity index (χ4v) is 10.4. The molecule has 1 aliphatic heterocycles. The predicted molar refractivity (Wildman–Crippen MR) is 144 cm³/mol. The molecule has 0 N–H and O–H groups in total. The Kier molecular flexibility index (Phi) is 7.24. The maximum absolute atomic E-state index is 12.8. The number of rotatable bonds is 5. The number of Topliss-reactive ketones (excluding diaryl/α,β-unsaturated/α-hetero) is 1. The molecule has 5 rings (SSSR count). The molecule has 0 bridgehead atoms. The SMILES string of the molecule is CC(=O)[C@H]1[C@@H](C)C[C@H]2[C@@H]3CC=C4C[C@@H](OC(=O)CCN5C[C@H](C)C[C@@H](C)C5)CC[C@]4(C)[C@H]3CC[C@@]21C. The zero-order valence-electron chi connectivity index (χ0n) is 23.9. The van der Waals surface area contributed by atoms with Crippen molar-refractivity contribution in [2.45, 2.75) is 105 Å². The van der Waals surface area contributed by atoms with E-state index >= 15 is 0 Å². The molecule has 1 heterocycles. The van der Waals surface area contributed by atoms with Gasteiger partial charge in [-0.05, 0) is 98.2 Å². The summed E-state index contributed by atoms with van der Waals surface area (Å²) in [6.07, 6.45) is 12.3. The molecule has 4 nitrogen and oxygen atoms in total. The van der Waals surface area contributed by atoms with Gasteiger partial charge in [-0.2, -0.15) is 0 Å². The Morgan fingerprint density at radius 1 is 1.03 bits per heavy atom. The Morgan fingerprint density at radius 2 is 1.75 bits per heavy atom. The molecule has 0 radical (unpaired) electrons. The Morgan fingerprint density at radius 3 is 2.44 bits per heavy atom. The lowest BCUT2D eigenvalue weighted by atomic mass is 9.47. The van der Waals surface area contributed by atoms with Gasteiger partial charge in [0, 0.05) is 32.0 Å². The summed E-state index contributed by atoms with van der Waals surface area (Å²) in [5.74, 6) is 4.71. The number of carbonyl (C=O) groups is 2. The number of ketones is 1. The van der Waals surface area contributed by atoms with E-state index in [1.165, 1.54) is 25.7 Å². The quantitative estimate of drug-likeness (QED) is 0.314. The smallest absolute Gasteiger partial charge is 0.307 e. The van der Waals surface area contributed by atoms with Crippen LogP contribution in [0.15, 0.2) is 11.6 Å². The van der Waals surface area contributed by atoms with E-state index in [-0.39, 0.29) is 28.8 Å². The third-order valence-electron chi connectivity index (χ3n) is 11.7. The number of allylic oxidation sites excluding steroid dienone is 1. The topological polar surface area (TPSA) is 46.6 Å². The second-order valence-electron chi connectivity index (χ2n) is 14.4. The molecule has 4 heteroatoms. The summed E-state index contributed by atoms with van der Waals surface area (Å²) in [5.41, 5.74) is 1.99. The highest BCUT2D eigenvalue weighted by molar-refractivity contribution is 5.80. The third kappa shape index (κ3) is 4.63. The summed E-state index contributed by atoms with van der Waals surface area (Å²) in [5, 5.41) is 0. The van der Waals surface area contributed by atoms with E-state index in [0.717, 1.165) is 57.2 Å². The zero-order chi connectivity index (χ0) is 25.8. The molecule has 5 aliphatic rings. The van der Waals surface area contributed by atoms with Gasteiger partial charge in [-0.25, -0.2) is 0 Å². The minimum absolute atomic E-state index is 0.00702. The van der Waals surface area contributed by atoms with E-state index in [1.807, 2.05) is 6.92 Å². The summed E-state index contributed by atoms with van der Waals surface area (Å²) in [6.45, 7) is 16.8. The van der Waals surface area contributed by atoms with Crippen molar-refractivity contribution < 1.29 is 14.3 Å². The fourth-order valence-electron chi connectivity index (χ4n) is 10.4. The standard InChI is InChI=1S/C32H51NO3/c1-20-15-21(2)19-33(18-20)14-11-29(35)36-25-9-12-31(5)24(17-25)7-8-26-27(31)10-13-32(6)28(26)16-22(3)30(32)23(4)34/h7,20-22,25-28,30H,8-19H2,1-6H3/t20-,21-,22+,25+,26-,27+,28+,30-,31+,32+/m1/s1. The van der Waals surface area contributed by atoms with Gasteiger partial charge in [0.05, 0.1) is 6.42 Å². The molecule has 4 aliphatic carbocycles. The molecule has 0 aromatic carbocycles. The van der Waals surface area contributed by atoms with Gasteiger partial charge in [0.2, 0.25) is 0 Å². The maximum Gasteiger partial charge on any atom is 0.307 e. The maximum atomic E-state index is 12.8. The molecule has 4 fully saturated rings. The molecule has 3 saturated carbocycles. The van der Waals surface area contributed by atoms with Gasteiger partial charge in [0.1, 0.15) is 11.9 Å². The van der Waals surface area contributed by atoms with Gasteiger partial charge in [0.25, 0.3) is 0 Å². The van der Waals surface area contributed by atoms with Gasteiger partial charge in [-0.15, -0.1) is 0 Å². The van der Waals surface area contributed by atoms with Crippen molar-refractivity contribution in [2.75, 3.05) is 19.6 Å². The number of carbonyl (C=O) groups excluding carboxylic acids is 2. The minimum Gasteiger partial charge on any atom is -0.462 e. The number of hydrogen-bond acceptors (Lipinski definition) is 4. The molecular formula is C32H51NO3. The predicted octanol–water partition coefficient (Wildman–Crippen LogP) is 6.68. The van der Waals surface area contributed by atoms with Crippen LogP contribution >= 0.6 is 0 Å². The van der Waals surface area contributed by atoms with Crippen LogP contribution in [0.4, 0.5) is 0 Å². The first kappa shape index (κ1) is 26.4. The van der Waals surface area contributed by atoms with Gasteiger partial charge < -0.3 is 9.64 Å². The zero-order valence-corrected chi connectivity index (χ0v) is 23.9. The highest BCUT2D eigenvalue weighted by Gasteiger charge is 2.61. The van der Waals surface area contributed by atoms with Gasteiger partial charge in [-0.3, -0.25) is 9.59 Å². The van der Waals surface area contributed by atoms with Gasteiger partial charge in [0.15, 0.2) is 0 Å². The number of nitrogens with zero attached hydrogens (tertiary/aromatic N) is 1. The Balaban J connectivity index is 1.20. The molecule has 0 spiro atoms. The molecule has 0 amide bonds. The van der Waals surface area contributed by atoms with Crippen LogP contribution in [0.25, 0.3) is 0 Å². The van der Waals surface area contributed by atoms with Crippen molar-refractivity contribution in [2.24, 2.45) is 52.3 Å². The molecule has 0 unspecified atom stereocenters. The van der Waals surface area contributed by atoms with E-state index in [2.05, 4.69) is 45.6 Å². The molecule has 1 saturated heterocycles. The fraction of sp³-hybridized carbons (Fsp3) is 0.875. The first-order valence-corrected chi connectivity index (χ1v) is 15.1. The second-order valence-corrected chi connectivity index (χ2v) is 14.4. The van der Waals surface area contributed by atoms with E-state index in [4.69, 9.17) is 4.74 Å². The Hall–Kier alpha value is -1.16. The lowest BCUT2D eigenvalue weighted by Gasteiger charge is -2.58. The first-order chi connectivity index (χ1) is 17.0. The van der Waals surface area contributed by atoms with Crippen molar-refractivity contribution >= 4 is 11.8 Å². The highest BCUT2D eigenvalue weighted by atomic mass is 16.5. The first-order valence-electron chi connectivity index (χ1n) is 15.1. The lowest BCUT2D eigenvalue weighted by Crippen LogP contribution is -2.51. The van der Waals surface area contributed by atoms with E-state index < -0.39 is 0 Å². The van der Waals surface area contributed by atoms with E-state index in [1.54, 1.807) is 5.57 Å². The van der Waals surface area contributed by atoms with Crippen LogP contribution in [0.3, 0.4) is 0 Å². The van der Waals surface area contributed by atoms with Crippen LogP contribution in [-0.2, 0) is 14.3 Å². The number of ether oxygens (including phenoxy) is 1. The molecule has 0 aromatic rings. The lowest BCUT2D eigenvalue weighted by molar-refractivity contribution is -0.152. The third-order valence-corrected chi connectivity index (χ3v) is 11.7. The summed E-state index contributed by atoms with van der Waals surface area (Å²) in [6, 6.07) is 0. The highest BCUT2D eigenvalue weighted by Crippen LogP contribution is 2.67. The molecular weight excluding hydrogens is 446 g/mol. The van der Waals surface area contributed by atoms with Crippen LogP contribution in [0.1, 0.15) is 99.3 Å². The molecule has 36 heavy (non-hydrogen) atoms. The van der Waals surface area contributed by atoms with Crippen LogP contribution in [0.2, 0.25) is 0 Å². The van der Waals surface area contributed by atoms with E-state index in [0.29, 0.717) is 35.9 Å². The van der Waals surface area contributed by atoms with Crippen molar-refractivity contribution in [3.63, 3.8) is 0 Å². The summed E-state index contributed by atoms with van der Waals surface area (Å²) in [7, 11) is 0. The number of hydrogen-bond donors (Lipinski definition) is 0. The summed E-state index contributed by atoms with van der Waals surface area (Å²) in [4.78, 5) is 27.8. The molecule has 202 valence electrons. The minimum atomic E-state index is -0.00702. The Labute approximate surface area is 220 Å². The summed E-state index contributed by atoms with van der Waals surface area (Å²) >= 11 is 0. The average Bonchev–Trinajstić information content (AvgIpc) is 3.07. The average molecular weight is 498 g/mol. The van der Waals surface area contributed by atoms with Crippen molar-refractivity contribution in [3.05, 3.63) is 11.6 Å². The molecule has 10 atom stereocenters. The second kappa shape index (κ2) is 9.86. The normalized spacial score (nSPS) is 46.8. The number of fused-ring (bicyclic) bond motifs is 5. The van der Waals surface area contributed by atoms with Crippen molar-refractivity contribution in [3.8, 4) is 0 Å². The summed E-state index contributed by atoms with van der Waals surface area (Å²) < 4.78 is 6.06. The monoisotopic (exact) mass is 497 g/mol. The number of likely N-dealkylation sites (tertiary alicyclic amines) is 1.